The second kappa shape index (κ2) is 15.4. The first-order chi connectivity index (χ1) is 20.0. The average Bonchev–Trinajstić information content (AvgIpc) is 3.50. The molecule has 0 bridgehead atoms. The van der Waals surface area contributed by atoms with Gasteiger partial charge in [0.2, 0.25) is 5.78 Å². The third-order valence-corrected chi connectivity index (χ3v) is 7.41. The summed E-state index contributed by atoms with van der Waals surface area (Å²) >= 11 is 1.35. The van der Waals surface area contributed by atoms with E-state index in [1.165, 1.54) is 24.0 Å². The fraction of sp³-hybridized carbons (Fsp3) is 0.281. The van der Waals surface area contributed by atoms with Crippen molar-refractivity contribution in [1.29, 1.82) is 0 Å². The SMILES string of the molecule is COC(=O)c1cccc(COc2ccc(-c3nnc(CNC(=O)C(=O)CCCCCCc4ccccc4)s3)cc2)c1. The number of rotatable bonds is 15. The minimum Gasteiger partial charge on any atom is -0.489 e. The number of Topliss-reactive ketones (excluding diaryl/α,β-unsaturated/α-hetero) is 1. The number of unbranched alkanes of at least 4 members (excludes halogenated alkanes) is 3. The molecule has 1 N–H and O–H groups in total. The van der Waals surface area contributed by atoms with E-state index in [2.05, 4.69) is 27.6 Å². The molecule has 0 aliphatic rings. The normalized spacial score (nSPS) is 10.7. The molecule has 0 aliphatic heterocycles. The largest absolute Gasteiger partial charge is 0.489 e. The molecule has 212 valence electrons. The van der Waals surface area contributed by atoms with Crippen molar-refractivity contribution in [3.63, 3.8) is 0 Å². The maximum atomic E-state index is 12.2. The molecule has 0 spiro atoms. The number of aromatic nitrogens is 2. The van der Waals surface area contributed by atoms with Gasteiger partial charge in [-0.15, -0.1) is 10.2 Å². The Morgan fingerprint density at radius 1 is 0.829 bits per heavy atom. The van der Waals surface area contributed by atoms with Crippen LogP contribution in [0, 0.1) is 0 Å². The molecule has 4 rings (SSSR count). The van der Waals surface area contributed by atoms with Crippen molar-refractivity contribution in [3.8, 4) is 16.3 Å². The molecule has 9 heteroatoms. The van der Waals surface area contributed by atoms with Gasteiger partial charge in [0.25, 0.3) is 5.91 Å². The first kappa shape index (κ1) is 29.6. The zero-order valence-electron chi connectivity index (χ0n) is 23.0. The van der Waals surface area contributed by atoms with Crippen LogP contribution < -0.4 is 10.1 Å². The number of amides is 1. The second-order valence-electron chi connectivity index (χ2n) is 9.51. The van der Waals surface area contributed by atoms with Gasteiger partial charge in [0.1, 0.15) is 22.4 Å². The van der Waals surface area contributed by atoms with E-state index in [9.17, 15) is 14.4 Å². The molecule has 4 aromatic rings. The van der Waals surface area contributed by atoms with Gasteiger partial charge in [0.15, 0.2) is 0 Å². The van der Waals surface area contributed by atoms with E-state index in [-0.39, 0.29) is 18.9 Å². The number of esters is 1. The molecule has 0 atom stereocenters. The van der Waals surface area contributed by atoms with Crippen LogP contribution in [0.3, 0.4) is 0 Å². The molecule has 0 unspecified atom stereocenters. The van der Waals surface area contributed by atoms with Gasteiger partial charge in [-0.3, -0.25) is 9.59 Å². The van der Waals surface area contributed by atoms with E-state index >= 15 is 0 Å². The van der Waals surface area contributed by atoms with Crippen molar-refractivity contribution in [2.75, 3.05) is 7.11 Å². The number of carbonyl (C=O) groups excluding carboxylic acids is 3. The van der Waals surface area contributed by atoms with Crippen molar-refractivity contribution in [2.24, 2.45) is 0 Å². The number of ketones is 1. The highest BCUT2D eigenvalue weighted by Gasteiger charge is 2.14. The summed E-state index contributed by atoms with van der Waals surface area (Å²) in [4.78, 5) is 36.1. The zero-order valence-corrected chi connectivity index (χ0v) is 23.8. The Balaban J connectivity index is 1.16. The highest BCUT2D eigenvalue weighted by atomic mass is 32.1. The van der Waals surface area contributed by atoms with Crippen LogP contribution in [0.5, 0.6) is 5.75 Å². The summed E-state index contributed by atoms with van der Waals surface area (Å²) in [6.45, 7) is 0.463. The monoisotopic (exact) mass is 571 g/mol. The highest BCUT2D eigenvalue weighted by molar-refractivity contribution is 7.14. The molecule has 8 nitrogen and oxygen atoms in total. The second-order valence-corrected chi connectivity index (χ2v) is 10.6. The fourth-order valence-corrected chi connectivity index (χ4v) is 4.97. The van der Waals surface area contributed by atoms with Gasteiger partial charge in [0, 0.05) is 12.0 Å². The number of methoxy groups -OCH3 is 1. The van der Waals surface area contributed by atoms with E-state index in [0.717, 1.165) is 36.8 Å². The molecule has 0 saturated heterocycles. The molecule has 0 fully saturated rings. The lowest BCUT2D eigenvalue weighted by molar-refractivity contribution is -0.138. The summed E-state index contributed by atoms with van der Waals surface area (Å²) in [5.41, 5.74) is 3.51. The van der Waals surface area contributed by atoms with Crippen LogP contribution in [-0.2, 0) is 33.9 Å². The van der Waals surface area contributed by atoms with Gasteiger partial charge in [-0.2, -0.15) is 0 Å². The summed E-state index contributed by atoms with van der Waals surface area (Å²) in [5.74, 6) is -0.696. The Morgan fingerprint density at radius 3 is 2.37 bits per heavy atom. The topological polar surface area (TPSA) is 107 Å². The molecular weight excluding hydrogens is 538 g/mol. The number of hydrogen-bond acceptors (Lipinski definition) is 8. The van der Waals surface area contributed by atoms with Crippen LogP contribution >= 0.6 is 11.3 Å². The van der Waals surface area contributed by atoms with Crippen molar-refractivity contribution >= 4 is 29.0 Å². The standard InChI is InChI=1S/C32H33N3O5S/c1-39-32(38)26-14-9-13-24(20-26)22-40-27-18-16-25(17-19-27)31-35-34-29(41-31)21-33-30(37)28(36)15-8-3-2-5-10-23-11-6-4-7-12-23/h4,6-7,9,11-14,16-20H,2-3,5,8,10,15,21-22H2,1H3,(H,33,37). The molecule has 1 amide bonds. The first-order valence-corrected chi connectivity index (χ1v) is 14.4. The lowest BCUT2D eigenvalue weighted by atomic mass is 10.0. The predicted molar refractivity (Wildman–Crippen MR) is 158 cm³/mol. The zero-order chi connectivity index (χ0) is 28.9. The number of nitrogens with zero attached hydrogens (tertiary/aromatic N) is 2. The lowest BCUT2D eigenvalue weighted by Crippen LogP contribution is -2.30. The Morgan fingerprint density at radius 2 is 1.59 bits per heavy atom. The van der Waals surface area contributed by atoms with E-state index in [1.807, 2.05) is 48.5 Å². The number of benzene rings is 3. The summed E-state index contributed by atoms with van der Waals surface area (Å²) in [6, 6.07) is 24.9. The number of ether oxygens (including phenoxy) is 2. The smallest absolute Gasteiger partial charge is 0.337 e. The highest BCUT2D eigenvalue weighted by Crippen LogP contribution is 2.26. The van der Waals surface area contributed by atoms with Crippen LogP contribution in [0.15, 0.2) is 78.9 Å². The first-order valence-electron chi connectivity index (χ1n) is 13.6. The Hall–Kier alpha value is -4.37. The number of hydrogen-bond donors (Lipinski definition) is 1. The average molecular weight is 572 g/mol. The van der Waals surface area contributed by atoms with Gasteiger partial charge < -0.3 is 14.8 Å². The van der Waals surface area contributed by atoms with E-state index in [0.29, 0.717) is 34.4 Å². The van der Waals surface area contributed by atoms with E-state index in [1.54, 1.807) is 18.2 Å². The van der Waals surface area contributed by atoms with Gasteiger partial charge >= 0.3 is 5.97 Å². The third kappa shape index (κ3) is 9.36. The van der Waals surface area contributed by atoms with E-state index < -0.39 is 11.7 Å². The van der Waals surface area contributed by atoms with E-state index in [4.69, 9.17) is 9.47 Å². The summed E-state index contributed by atoms with van der Waals surface area (Å²) in [6.07, 6.45) is 5.04. The van der Waals surface area contributed by atoms with Crippen molar-refractivity contribution in [3.05, 3.63) is 101 Å². The molecule has 1 heterocycles. The summed E-state index contributed by atoms with van der Waals surface area (Å²) in [5, 5.41) is 12.3. The minimum atomic E-state index is -0.579. The molecule has 3 aromatic carbocycles. The molecule has 0 aliphatic carbocycles. The van der Waals surface area contributed by atoms with Crippen molar-refractivity contribution in [2.45, 2.75) is 51.7 Å². The van der Waals surface area contributed by atoms with Crippen molar-refractivity contribution < 1.29 is 23.9 Å². The number of aryl methyl sites for hydroxylation is 1. The Bertz CT molecular complexity index is 1440. The van der Waals surface area contributed by atoms with Gasteiger partial charge in [0.05, 0.1) is 19.2 Å². The predicted octanol–water partition coefficient (Wildman–Crippen LogP) is 5.95. The number of carbonyl (C=O) groups is 3. The molecular formula is C32H33N3O5S. The van der Waals surface area contributed by atoms with Crippen LogP contribution in [-0.4, -0.2) is 35.0 Å². The summed E-state index contributed by atoms with van der Waals surface area (Å²) in [7, 11) is 1.35. The molecule has 0 radical (unpaired) electrons. The lowest BCUT2D eigenvalue weighted by Gasteiger charge is -2.08. The Kier molecular flexibility index (Phi) is 11.1. The van der Waals surface area contributed by atoms with Crippen LogP contribution in [0.2, 0.25) is 0 Å². The Labute approximate surface area is 243 Å². The molecule has 0 saturated carbocycles. The van der Waals surface area contributed by atoms with Crippen molar-refractivity contribution in [1.82, 2.24) is 15.5 Å². The summed E-state index contributed by atoms with van der Waals surface area (Å²) < 4.78 is 10.6. The molecule has 1 aromatic heterocycles. The third-order valence-electron chi connectivity index (χ3n) is 6.44. The van der Waals surface area contributed by atoms with Crippen LogP contribution in [0.4, 0.5) is 0 Å². The number of nitrogens with one attached hydrogen (secondary N) is 1. The quantitative estimate of drug-likeness (QED) is 0.107. The fourth-order valence-electron chi connectivity index (χ4n) is 4.19. The minimum absolute atomic E-state index is 0.158. The van der Waals surface area contributed by atoms with Crippen LogP contribution in [0.1, 0.15) is 58.6 Å². The van der Waals surface area contributed by atoms with Crippen LogP contribution in [0.25, 0.3) is 10.6 Å². The van der Waals surface area contributed by atoms with Gasteiger partial charge in [-0.25, -0.2) is 4.79 Å². The maximum Gasteiger partial charge on any atom is 0.337 e. The maximum absolute atomic E-state index is 12.2. The molecule has 41 heavy (non-hydrogen) atoms. The van der Waals surface area contributed by atoms with Gasteiger partial charge in [-0.1, -0.05) is 66.6 Å². The van der Waals surface area contributed by atoms with Gasteiger partial charge in [-0.05, 0) is 66.8 Å².